The summed E-state index contributed by atoms with van der Waals surface area (Å²) in [5.41, 5.74) is -0.433. The molecule has 0 aromatic heterocycles. The van der Waals surface area contributed by atoms with Gasteiger partial charge in [-0.1, -0.05) is 18.2 Å². The zero-order chi connectivity index (χ0) is 23.8. The molecule has 0 unspecified atom stereocenters. The van der Waals surface area contributed by atoms with Gasteiger partial charge < -0.3 is 5.32 Å². The van der Waals surface area contributed by atoms with Crippen LogP contribution in [0.4, 0.5) is 23.2 Å². The third kappa shape index (κ3) is 5.19. The lowest BCUT2D eigenvalue weighted by Crippen LogP contribution is -2.56. The van der Waals surface area contributed by atoms with E-state index >= 15 is 0 Å². The minimum Gasteiger partial charge on any atom is -0.381 e. The van der Waals surface area contributed by atoms with Crippen LogP contribution >= 0.6 is 0 Å². The predicted molar refractivity (Wildman–Crippen MR) is 117 cm³/mol. The van der Waals surface area contributed by atoms with Crippen molar-refractivity contribution in [2.45, 2.75) is 30.6 Å². The number of halogens is 4. The number of nitrogens with one attached hydrogen (secondary N) is 2. The number of benzene rings is 2. The molecular weight excluding hydrogens is 460 g/mol. The number of sulfonamides is 1. The molecule has 33 heavy (non-hydrogen) atoms. The first-order valence-electron chi connectivity index (χ1n) is 10.2. The summed E-state index contributed by atoms with van der Waals surface area (Å²) in [7, 11) is -4.53. The van der Waals surface area contributed by atoms with Crippen molar-refractivity contribution in [2.75, 3.05) is 25.0 Å². The quantitative estimate of drug-likeness (QED) is 0.593. The second kappa shape index (κ2) is 8.79. The van der Waals surface area contributed by atoms with Crippen molar-refractivity contribution in [1.82, 2.24) is 9.62 Å². The maximum Gasteiger partial charge on any atom is 0.268 e. The summed E-state index contributed by atoms with van der Waals surface area (Å²) in [6.45, 7) is 2.47. The van der Waals surface area contributed by atoms with Crippen molar-refractivity contribution >= 4 is 21.5 Å². The summed E-state index contributed by atoms with van der Waals surface area (Å²) in [5, 5.41) is 2.74. The molecule has 6 nitrogen and oxygen atoms in total. The van der Waals surface area contributed by atoms with Gasteiger partial charge in [-0.2, -0.15) is 0 Å². The molecular formula is C22H22F4N4O2S. The minimum atomic E-state index is -4.53. The van der Waals surface area contributed by atoms with Gasteiger partial charge in [-0.15, -0.1) is 0 Å². The van der Waals surface area contributed by atoms with Gasteiger partial charge >= 0.3 is 0 Å². The molecule has 2 aromatic carbocycles. The fraction of sp³-hybridized carbons (Fsp3) is 0.318. The van der Waals surface area contributed by atoms with Crippen LogP contribution in [0.3, 0.4) is 0 Å². The lowest BCUT2D eigenvalue weighted by molar-refractivity contribution is -0.0227. The topological polar surface area (TPSA) is 73.8 Å². The van der Waals surface area contributed by atoms with Gasteiger partial charge in [-0.25, -0.2) is 26.0 Å². The lowest BCUT2D eigenvalue weighted by Gasteiger charge is -2.42. The molecule has 11 heteroatoms. The number of amidine groups is 1. The number of hydrogen-bond acceptors (Lipinski definition) is 5. The molecule has 2 aliphatic rings. The fourth-order valence-corrected chi connectivity index (χ4v) is 5.06. The highest BCUT2D eigenvalue weighted by atomic mass is 32.2. The molecule has 0 radical (unpaired) electrons. The van der Waals surface area contributed by atoms with Crippen LogP contribution in [0.1, 0.15) is 18.1 Å². The highest BCUT2D eigenvalue weighted by molar-refractivity contribution is 7.90. The predicted octanol–water partition coefficient (Wildman–Crippen LogP) is 3.51. The fourth-order valence-electron chi connectivity index (χ4n) is 3.92. The van der Waals surface area contributed by atoms with E-state index in [0.29, 0.717) is 12.1 Å². The molecule has 1 saturated heterocycles. The van der Waals surface area contributed by atoms with Crippen molar-refractivity contribution in [3.8, 4) is 0 Å². The van der Waals surface area contributed by atoms with E-state index in [2.05, 4.69) is 10.3 Å². The van der Waals surface area contributed by atoms with Gasteiger partial charge in [0.05, 0.1) is 6.54 Å². The van der Waals surface area contributed by atoms with Gasteiger partial charge in [0.2, 0.25) is 0 Å². The van der Waals surface area contributed by atoms with Crippen LogP contribution in [0, 0.1) is 17.5 Å². The van der Waals surface area contributed by atoms with E-state index in [9.17, 15) is 26.0 Å². The molecule has 2 N–H and O–H groups in total. The van der Waals surface area contributed by atoms with Crippen LogP contribution in [0.2, 0.25) is 0 Å². The summed E-state index contributed by atoms with van der Waals surface area (Å²) in [4.78, 5) is 4.54. The Morgan fingerprint density at radius 1 is 1.12 bits per heavy atom. The number of anilines is 1. The van der Waals surface area contributed by atoms with Crippen molar-refractivity contribution in [3.63, 3.8) is 0 Å². The molecule has 0 aliphatic carbocycles. The van der Waals surface area contributed by atoms with Crippen LogP contribution in [0.5, 0.6) is 0 Å². The average Bonchev–Trinajstić information content (AvgIpc) is 3.17. The summed E-state index contributed by atoms with van der Waals surface area (Å²) in [6, 6.07) is 6.16. The van der Waals surface area contributed by atoms with Crippen molar-refractivity contribution in [2.24, 2.45) is 4.99 Å². The number of hydrogen-bond donors (Lipinski definition) is 2. The van der Waals surface area contributed by atoms with Crippen molar-refractivity contribution in [1.29, 1.82) is 0 Å². The summed E-state index contributed by atoms with van der Waals surface area (Å²) in [5.74, 6) is -3.13. The molecule has 0 spiro atoms. The number of rotatable bonds is 7. The van der Waals surface area contributed by atoms with Gasteiger partial charge in [-0.3, -0.25) is 14.6 Å². The van der Waals surface area contributed by atoms with Crippen LogP contribution in [0.15, 0.2) is 52.4 Å². The Hall–Kier alpha value is -2.92. The second-order valence-corrected chi connectivity index (χ2v) is 9.91. The van der Waals surface area contributed by atoms with Gasteiger partial charge in [0.15, 0.2) is 4.90 Å². The van der Waals surface area contributed by atoms with Crippen molar-refractivity contribution < 1.29 is 26.0 Å². The van der Waals surface area contributed by atoms with E-state index in [4.69, 9.17) is 0 Å². The molecule has 0 amide bonds. The number of aliphatic imine (C=N–C) groups is 1. The zero-order valence-electron chi connectivity index (χ0n) is 17.7. The van der Waals surface area contributed by atoms with Gasteiger partial charge in [-0.05, 0) is 36.8 Å². The molecule has 2 aromatic rings. The third-order valence-electron chi connectivity index (χ3n) is 5.33. The van der Waals surface area contributed by atoms with Gasteiger partial charge in [0.1, 0.15) is 29.0 Å². The summed E-state index contributed by atoms with van der Waals surface area (Å²) >= 11 is 0. The largest absolute Gasteiger partial charge is 0.381 e. The van der Waals surface area contributed by atoms with Crippen molar-refractivity contribution in [3.05, 3.63) is 71.1 Å². The highest BCUT2D eigenvalue weighted by Gasteiger charge is 2.38. The standard InChI is InChI=1S/C22H22F4N4O2S/c1-22(26)12-30(13-22)11-14-4-2-5-17(23)16(14)10-28-15-8-18(24)21(19(25)9-15)33(31,32)29-20-6-3-7-27-20/h2-6,8-9,28H,7,10-13H2,1H3,(H,27,29). The van der Waals surface area contributed by atoms with Crippen LogP contribution in [0.25, 0.3) is 0 Å². The maximum atomic E-state index is 14.6. The van der Waals surface area contributed by atoms with E-state index in [1.807, 2.05) is 9.62 Å². The van der Waals surface area contributed by atoms with E-state index in [1.165, 1.54) is 19.1 Å². The molecule has 0 saturated carbocycles. The number of likely N-dealkylation sites (tertiary alicyclic amines) is 1. The zero-order valence-corrected chi connectivity index (χ0v) is 18.5. The Labute approximate surface area is 189 Å². The van der Waals surface area contributed by atoms with E-state index in [-0.39, 0.29) is 43.3 Å². The molecule has 1 fully saturated rings. The van der Waals surface area contributed by atoms with Gasteiger partial charge in [0, 0.05) is 37.4 Å². The molecule has 2 aliphatic heterocycles. The van der Waals surface area contributed by atoms with E-state index < -0.39 is 38.0 Å². The Balaban J connectivity index is 1.50. The molecule has 0 bridgehead atoms. The summed E-state index contributed by atoms with van der Waals surface area (Å²) in [6.07, 6.45) is 2.98. The Morgan fingerprint density at radius 3 is 2.42 bits per heavy atom. The summed E-state index contributed by atoms with van der Waals surface area (Å²) < 4.78 is 84.2. The van der Waals surface area contributed by atoms with E-state index in [1.54, 1.807) is 18.2 Å². The van der Waals surface area contributed by atoms with Crippen LogP contribution < -0.4 is 10.0 Å². The molecule has 2 heterocycles. The number of nitrogens with zero attached hydrogens (tertiary/aromatic N) is 2. The molecule has 4 rings (SSSR count). The molecule has 0 atom stereocenters. The Kier molecular flexibility index (Phi) is 6.19. The average molecular weight is 483 g/mol. The smallest absolute Gasteiger partial charge is 0.268 e. The normalized spacial score (nSPS) is 17.5. The monoisotopic (exact) mass is 482 g/mol. The number of alkyl halides is 1. The van der Waals surface area contributed by atoms with Crippen LogP contribution in [-0.4, -0.2) is 44.5 Å². The maximum absolute atomic E-state index is 14.6. The first-order chi connectivity index (χ1) is 15.5. The van der Waals surface area contributed by atoms with Gasteiger partial charge in [0.25, 0.3) is 10.0 Å². The van der Waals surface area contributed by atoms with Crippen LogP contribution in [-0.2, 0) is 23.1 Å². The first-order valence-corrected chi connectivity index (χ1v) is 11.7. The SMILES string of the molecule is CC1(F)CN(Cc2cccc(F)c2CNc2cc(F)c(S(=O)(=O)NC3=NCC=C3)c(F)c2)C1. The second-order valence-electron chi connectivity index (χ2n) is 8.29. The third-order valence-corrected chi connectivity index (χ3v) is 6.74. The molecule has 176 valence electrons. The highest BCUT2D eigenvalue weighted by Crippen LogP contribution is 2.28. The Bertz CT molecular complexity index is 1210. The minimum absolute atomic E-state index is 0.0154. The Morgan fingerprint density at radius 2 is 1.82 bits per heavy atom. The van der Waals surface area contributed by atoms with E-state index in [0.717, 1.165) is 12.1 Å². The first kappa shape index (κ1) is 23.2. The lowest BCUT2D eigenvalue weighted by atomic mass is 9.97.